The van der Waals surface area contributed by atoms with Crippen molar-refractivity contribution in [2.75, 3.05) is 18.9 Å². The van der Waals surface area contributed by atoms with Crippen LogP contribution in [0, 0.1) is 11.8 Å². The van der Waals surface area contributed by atoms with E-state index < -0.39 is 35.8 Å². The second-order valence-electron chi connectivity index (χ2n) is 7.32. The molecular formula is C18H31N5O6. The molecule has 0 saturated heterocycles. The van der Waals surface area contributed by atoms with Crippen molar-refractivity contribution in [3.05, 3.63) is 22.7 Å². The molecule has 0 aliphatic heterocycles. The molecule has 6 N–H and O–H groups in total. The van der Waals surface area contributed by atoms with Gasteiger partial charge in [-0.05, 0) is 17.9 Å². The summed E-state index contributed by atoms with van der Waals surface area (Å²) in [5.74, 6) is -1.35. The Morgan fingerprint density at radius 1 is 1.03 bits per heavy atom. The van der Waals surface area contributed by atoms with E-state index in [1.165, 1.54) is 12.3 Å². The predicted molar refractivity (Wildman–Crippen MR) is 105 cm³/mol. The summed E-state index contributed by atoms with van der Waals surface area (Å²) < 4.78 is 17.1. The molecule has 0 amide bonds. The Morgan fingerprint density at radius 3 is 1.93 bits per heavy atom. The van der Waals surface area contributed by atoms with E-state index in [1.54, 1.807) is 27.7 Å². The summed E-state index contributed by atoms with van der Waals surface area (Å²) in [7, 11) is 0. The maximum Gasteiger partial charge on any atom is 0.351 e. The topological polar surface area (TPSA) is 175 Å². The molecule has 11 nitrogen and oxygen atoms in total. The molecule has 0 fully saturated rings. The van der Waals surface area contributed by atoms with Crippen LogP contribution in [-0.4, -0.2) is 52.9 Å². The number of nitrogens with two attached hydrogens (primary N) is 3. The lowest BCUT2D eigenvalue weighted by Crippen LogP contribution is -2.41. The van der Waals surface area contributed by atoms with E-state index >= 15 is 0 Å². The Labute approximate surface area is 169 Å². The number of carbonyl (C=O) groups is 2. The zero-order chi connectivity index (χ0) is 22.1. The van der Waals surface area contributed by atoms with Gasteiger partial charge in [0.25, 0.3) is 0 Å². The van der Waals surface area contributed by atoms with E-state index in [0.29, 0.717) is 0 Å². The minimum atomic E-state index is -0.842. The maximum absolute atomic E-state index is 12.0. The van der Waals surface area contributed by atoms with E-state index in [9.17, 15) is 14.4 Å². The maximum atomic E-state index is 12.0. The van der Waals surface area contributed by atoms with E-state index in [-0.39, 0.29) is 37.6 Å². The summed E-state index contributed by atoms with van der Waals surface area (Å²) in [4.78, 5) is 39.3. The summed E-state index contributed by atoms with van der Waals surface area (Å²) in [6.07, 6.45) is 0.564. The number of hydrogen-bond donors (Lipinski definition) is 3. The largest absolute Gasteiger partial charge is 0.462 e. The van der Waals surface area contributed by atoms with Gasteiger partial charge in [-0.25, -0.2) is 4.79 Å². The lowest BCUT2D eigenvalue weighted by atomic mass is 10.1. The first kappa shape index (κ1) is 24.5. The summed E-state index contributed by atoms with van der Waals surface area (Å²) in [6, 6.07) is -0.156. The Bertz CT molecular complexity index is 706. The molecule has 0 aromatic carbocycles. The highest BCUT2D eigenvalue weighted by molar-refractivity contribution is 5.76. The highest BCUT2D eigenvalue weighted by Gasteiger charge is 2.24. The molecule has 1 aromatic rings. The van der Waals surface area contributed by atoms with Crippen molar-refractivity contribution >= 4 is 17.8 Å². The van der Waals surface area contributed by atoms with Gasteiger partial charge in [-0.15, -0.1) is 0 Å². The number of rotatable bonds is 11. The first-order valence-electron chi connectivity index (χ1n) is 9.31. The molecule has 0 radical (unpaired) electrons. The second kappa shape index (κ2) is 11.5. The first-order chi connectivity index (χ1) is 13.5. The monoisotopic (exact) mass is 413 g/mol. The van der Waals surface area contributed by atoms with Crippen LogP contribution in [0.1, 0.15) is 27.7 Å². The van der Waals surface area contributed by atoms with Crippen molar-refractivity contribution < 1.29 is 23.8 Å². The molecule has 1 heterocycles. The van der Waals surface area contributed by atoms with Crippen LogP contribution in [0.5, 0.6) is 0 Å². The van der Waals surface area contributed by atoms with Crippen LogP contribution in [0.2, 0.25) is 0 Å². The third kappa shape index (κ3) is 8.18. The van der Waals surface area contributed by atoms with E-state index in [2.05, 4.69) is 4.98 Å². The van der Waals surface area contributed by atoms with Gasteiger partial charge in [0.05, 0.1) is 0 Å². The van der Waals surface area contributed by atoms with Crippen molar-refractivity contribution in [2.24, 2.45) is 23.3 Å². The normalized spacial score (nSPS) is 13.6. The third-order valence-electron chi connectivity index (χ3n) is 4.15. The lowest BCUT2D eigenvalue weighted by Gasteiger charge is -2.22. The average molecular weight is 413 g/mol. The van der Waals surface area contributed by atoms with Crippen molar-refractivity contribution in [3.63, 3.8) is 0 Å². The zero-order valence-corrected chi connectivity index (χ0v) is 17.2. The van der Waals surface area contributed by atoms with Crippen LogP contribution in [0.4, 0.5) is 5.82 Å². The molecule has 0 spiro atoms. The number of aromatic nitrogens is 2. The molecule has 0 aliphatic rings. The molecule has 0 aliphatic carbocycles. The predicted octanol–water partition coefficient (Wildman–Crippen LogP) is -0.779. The molecule has 2 atom stereocenters. The second-order valence-corrected chi connectivity index (χ2v) is 7.32. The molecule has 29 heavy (non-hydrogen) atoms. The third-order valence-corrected chi connectivity index (χ3v) is 4.15. The SMILES string of the molecule is CC(C)[C@H](N)C(=O)OCC(COC(=O)[C@@H](N)C(C)C)OCn1ccc(N)nc1=O. The summed E-state index contributed by atoms with van der Waals surface area (Å²) in [5, 5.41) is 0. The number of esters is 2. The van der Waals surface area contributed by atoms with Crippen LogP contribution in [0.15, 0.2) is 17.1 Å². The number of nitrogens with zero attached hydrogens (tertiary/aromatic N) is 2. The van der Waals surface area contributed by atoms with Crippen LogP contribution >= 0.6 is 0 Å². The van der Waals surface area contributed by atoms with E-state index in [0.717, 1.165) is 4.57 Å². The highest BCUT2D eigenvalue weighted by Crippen LogP contribution is 2.06. The molecule has 11 heteroatoms. The van der Waals surface area contributed by atoms with Gasteiger partial charge in [-0.2, -0.15) is 4.98 Å². The average Bonchev–Trinajstić information content (AvgIpc) is 2.66. The molecular weight excluding hydrogens is 382 g/mol. The number of carbonyl (C=O) groups excluding carboxylic acids is 2. The van der Waals surface area contributed by atoms with Crippen molar-refractivity contribution in [2.45, 2.75) is 52.6 Å². The van der Waals surface area contributed by atoms with Crippen molar-refractivity contribution in [3.8, 4) is 0 Å². The van der Waals surface area contributed by atoms with Gasteiger partial charge in [-0.1, -0.05) is 27.7 Å². The minimum Gasteiger partial charge on any atom is -0.462 e. The van der Waals surface area contributed by atoms with Gasteiger partial charge in [0.2, 0.25) is 0 Å². The van der Waals surface area contributed by atoms with Crippen molar-refractivity contribution in [1.29, 1.82) is 0 Å². The summed E-state index contributed by atoms with van der Waals surface area (Å²) in [6.45, 7) is 6.50. The van der Waals surface area contributed by atoms with E-state index in [1.807, 2.05) is 0 Å². The fourth-order valence-corrected chi connectivity index (χ4v) is 1.96. The first-order valence-corrected chi connectivity index (χ1v) is 9.31. The van der Waals surface area contributed by atoms with E-state index in [4.69, 9.17) is 31.4 Å². The minimum absolute atomic E-state index is 0.0796. The molecule has 164 valence electrons. The number of hydrogen-bond acceptors (Lipinski definition) is 10. The highest BCUT2D eigenvalue weighted by atomic mass is 16.6. The van der Waals surface area contributed by atoms with Crippen LogP contribution in [0.25, 0.3) is 0 Å². The van der Waals surface area contributed by atoms with Gasteiger partial charge in [-0.3, -0.25) is 14.2 Å². The summed E-state index contributed by atoms with van der Waals surface area (Å²) >= 11 is 0. The Kier molecular flexibility index (Phi) is 9.72. The van der Waals surface area contributed by atoms with Crippen LogP contribution in [0.3, 0.4) is 0 Å². The molecule has 0 unspecified atom stereocenters. The van der Waals surface area contributed by atoms with Gasteiger partial charge >= 0.3 is 17.6 Å². The Hall–Kier alpha value is -2.50. The molecule has 0 bridgehead atoms. The smallest absolute Gasteiger partial charge is 0.351 e. The standard InChI is InChI=1S/C18H31N5O6/c1-10(2)14(20)16(24)27-7-12(8-28-17(25)15(21)11(3)4)29-9-23-6-5-13(19)22-18(23)26/h5-6,10-12,14-15H,7-9,20-21H2,1-4H3,(H2,19,22,26)/t14-,15-/m0/s1. The Morgan fingerprint density at radius 2 is 1.52 bits per heavy atom. The number of ether oxygens (including phenoxy) is 3. The van der Waals surface area contributed by atoms with Gasteiger partial charge in [0, 0.05) is 6.20 Å². The molecule has 1 aromatic heterocycles. The Balaban J connectivity index is 2.74. The fraction of sp³-hybridized carbons (Fsp3) is 0.667. The number of nitrogen functional groups attached to an aromatic ring is 1. The van der Waals surface area contributed by atoms with Crippen LogP contribution < -0.4 is 22.9 Å². The molecule has 1 rings (SSSR count). The zero-order valence-electron chi connectivity index (χ0n) is 17.2. The fourth-order valence-electron chi connectivity index (χ4n) is 1.96. The quantitative estimate of drug-likeness (QED) is 0.390. The summed E-state index contributed by atoms with van der Waals surface area (Å²) in [5.41, 5.74) is 16.4. The van der Waals surface area contributed by atoms with Gasteiger partial charge < -0.3 is 31.4 Å². The van der Waals surface area contributed by atoms with Gasteiger partial charge in [0.1, 0.15) is 44.0 Å². The number of anilines is 1. The van der Waals surface area contributed by atoms with Gasteiger partial charge in [0.15, 0.2) is 0 Å². The van der Waals surface area contributed by atoms with Crippen molar-refractivity contribution in [1.82, 2.24) is 9.55 Å². The lowest BCUT2D eigenvalue weighted by molar-refractivity contribution is -0.160. The molecule has 0 saturated carbocycles. The van der Waals surface area contributed by atoms with Crippen LogP contribution in [-0.2, 0) is 30.5 Å².